The van der Waals surface area contributed by atoms with E-state index in [9.17, 15) is 14.4 Å². The van der Waals surface area contributed by atoms with Gasteiger partial charge < -0.3 is 16.4 Å². The van der Waals surface area contributed by atoms with E-state index >= 15 is 0 Å². The van der Waals surface area contributed by atoms with Crippen LogP contribution in [-0.4, -0.2) is 29.8 Å². The first-order valence-corrected chi connectivity index (χ1v) is 11.8. The number of rotatable bonds is 13. The van der Waals surface area contributed by atoms with E-state index in [2.05, 4.69) is 17.6 Å². The predicted molar refractivity (Wildman–Crippen MR) is 132 cm³/mol. The molecule has 2 aromatic carbocycles. The molecule has 0 saturated heterocycles. The van der Waals surface area contributed by atoms with Gasteiger partial charge in [0.05, 0.1) is 0 Å². The number of hydrogen-bond donors (Lipinski definition) is 3. The topological polar surface area (TPSA) is 101 Å². The predicted octanol–water partition coefficient (Wildman–Crippen LogP) is 3.98. The van der Waals surface area contributed by atoms with Gasteiger partial charge in [-0.15, -0.1) is 0 Å². The van der Waals surface area contributed by atoms with E-state index in [1.54, 1.807) is 0 Å². The second-order valence-corrected chi connectivity index (χ2v) is 8.94. The molecule has 0 fully saturated rings. The van der Waals surface area contributed by atoms with Crippen LogP contribution in [0.4, 0.5) is 0 Å². The molecule has 0 bridgehead atoms. The molecule has 0 aromatic heterocycles. The highest BCUT2D eigenvalue weighted by atomic mass is 16.2. The fourth-order valence-electron chi connectivity index (χ4n) is 3.75. The van der Waals surface area contributed by atoms with Crippen molar-refractivity contribution >= 4 is 17.7 Å². The third kappa shape index (κ3) is 9.08. The van der Waals surface area contributed by atoms with Crippen molar-refractivity contribution in [1.29, 1.82) is 0 Å². The lowest BCUT2D eigenvalue weighted by Gasteiger charge is -2.23. The summed E-state index contributed by atoms with van der Waals surface area (Å²) in [5.41, 5.74) is 8.55. The van der Waals surface area contributed by atoms with Crippen LogP contribution in [0, 0.1) is 5.92 Å². The Labute approximate surface area is 197 Å². The Morgan fingerprint density at radius 3 is 2.21 bits per heavy atom. The van der Waals surface area contributed by atoms with Crippen LogP contribution >= 0.6 is 0 Å². The molecule has 178 valence electrons. The minimum absolute atomic E-state index is 0.165. The molecule has 33 heavy (non-hydrogen) atoms. The Morgan fingerprint density at radius 2 is 1.58 bits per heavy atom. The average molecular weight is 452 g/mol. The van der Waals surface area contributed by atoms with E-state index in [-0.39, 0.29) is 11.8 Å². The Morgan fingerprint density at radius 1 is 0.879 bits per heavy atom. The molecule has 0 unspecified atom stereocenters. The van der Waals surface area contributed by atoms with Crippen LogP contribution in [-0.2, 0) is 20.8 Å². The number of carbonyl (C=O) groups excluding carboxylic acids is 3. The fourth-order valence-corrected chi connectivity index (χ4v) is 3.75. The highest BCUT2D eigenvalue weighted by Gasteiger charge is 2.26. The molecule has 0 aliphatic heterocycles. The van der Waals surface area contributed by atoms with Crippen molar-refractivity contribution in [2.75, 3.05) is 0 Å². The molecule has 2 rings (SSSR count). The number of carbonyl (C=O) groups is 3. The monoisotopic (exact) mass is 451 g/mol. The van der Waals surface area contributed by atoms with Crippen molar-refractivity contribution < 1.29 is 14.4 Å². The third-order valence-corrected chi connectivity index (χ3v) is 5.50. The quantitative estimate of drug-likeness (QED) is 0.402. The minimum atomic E-state index is -0.792. The molecule has 0 saturated carbocycles. The number of nitrogens with one attached hydrogen (secondary N) is 2. The van der Waals surface area contributed by atoms with Gasteiger partial charge in [0.1, 0.15) is 12.1 Å². The largest absolute Gasteiger partial charge is 0.368 e. The number of unbranched alkanes of at least 4 members (excludes halogenated alkanes) is 2. The van der Waals surface area contributed by atoms with Crippen molar-refractivity contribution in [3.63, 3.8) is 0 Å². The maximum Gasteiger partial charge on any atom is 0.243 e. The SMILES string of the molecule is CCCCCC(=O)N[C@@H](Cc1cccc(-c2ccccc2)c1)C(=O)N[C@@H](CC(C)C)C(N)=O. The zero-order valence-corrected chi connectivity index (χ0v) is 20.0. The van der Waals surface area contributed by atoms with Crippen LogP contribution in [0.3, 0.4) is 0 Å². The average Bonchev–Trinajstić information content (AvgIpc) is 2.78. The molecule has 4 N–H and O–H groups in total. The third-order valence-electron chi connectivity index (χ3n) is 5.50. The molecule has 0 aliphatic rings. The van der Waals surface area contributed by atoms with Crippen LogP contribution in [0.1, 0.15) is 58.4 Å². The summed E-state index contributed by atoms with van der Waals surface area (Å²) in [6, 6.07) is 16.4. The Kier molecular flexibility index (Phi) is 10.6. The summed E-state index contributed by atoms with van der Waals surface area (Å²) in [7, 11) is 0. The number of hydrogen-bond acceptors (Lipinski definition) is 3. The first-order chi connectivity index (χ1) is 15.8. The number of primary amides is 1. The lowest BCUT2D eigenvalue weighted by molar-refractivity contribution is -0.131. The fraction of sp³-hybridized carbons (Fsp3) is 0.444. The highest BCUT2D eigenvalue weighted by molar-refractivity contribution is 5.91. The molecule has 0 aliphatic carbocycles. The summed E-state index contributed by atoms with van der Waals surface area (Å²) in [6.45, 7) is 6.00. The number of amides is 3. The van der Waals surface area contributed by atoms with E-state index in [1.165, 1.54) is 0 Å². The van der Waals surface area contributed by atoms with Gasteiger partial charge in [-0.1, -0.05) is 88.2 Å². The molecule has 0 spiro atoms. The van der Waals surface area contributed by atoms with Gasteiger partial charge in [-0.25, -0.2) is 0 Å². The number of nitrogens with two attached hydrogens (primary N) is 1. The maximum atomic E-state index is 13.1. The lowest BCUT2D eigenvalue weighted by Crippen LogP contribution is -2.54. The zero-order valence-electron chi connectivity index (χ0n) is 20.0. The molecular weight excluding hydrogens is 414 g/mol. The van der Waals surface area contributed by atoms with E-state index in [0.717, 1.165) is 36.0 Å². The van der Waals surface area contributed by atoms with Crippen molar-refractivity contribution in [1.82, 2.24) is 10.6 Å². The second-order valence-electron chi connectivity index (χ2n) is 8.94. The molecule has 0 heterocycles. The second kappa shape index (κ2) is 13.4. The summed E-state index contributed by atoms with van der Waals surface area (Å²) < 4.78 is 0. The zero-order chi connectivity index (χ0) is 24.2. The Bertz CT molecular complexity index is 912. The van der Waals surface area contributed by atoms with Gasteiger partial charge in [0.15, 0.2) is 0 Å². The van der Waals surface area contributed by atoms with Crippen LogP contribution < -0.4 is 16.4 Å². The molecule has 0 radical (unpaired) electrons. The van der Waals surface area contributed by atoms with Crippen molar-refractivity contribution in [3.05, 3.63) is 60.2 Å². The van der Waals surface area contributed by atoms with Gasteiger partial charge in [-0.3, -0.25) is 14.4 Å². The Balaban J connectivity index is 2.20. The van der Waals surface area contributed by atoms with Gasteiger partial charge in [0.25, 0.3) is 0 Å². The lowest BCUT2D eigenvalue weighted by atomic mass is 9.98. The molecule has 2 aromatic rings. The summed E-state index contributed by atoms with van der Waals surface area (Å²) in [5, 5.41) is 5.64. The Hall–Kier alpha value is -3.15. The first kappa shape index (κ1) is 26.1. The van der Waals surface area contributed by atoms with E-state index in [0.29, 0.717) is 19.3 Å². The van der Waals surface area contributed by atoms with Crippen molar-refractivity contribution in [3.8, 4) is 11.1 Å². The maximum absolute atomic E-state index is 13.1. The van der Waals surface area contributed by atoms with Gasteiger partial charge in [0, 0.05) is 12.8 Å². The van der Waals surface area contributed by atoms with Crippen LogP contribution in [0.25, 0.3) is 11.1 Å². The van der Waals surface area contributed by atoms with Gasteiger partial charge in [0.2, 0.25) is 17.7 Å². The van der Waals surface area contributed by atoms with Crippen LogP contribution in [0.2, 0.25) is 0 Å². The van der Waals surface area contributed by atoms with Gasteiger partial charge in [-0.05, 0) is 35.4 Å². The van der Waals surface area contributed by atoms with Crippen molar-refractivity contribution in [2.45, 2.75) is 71.4 Å². The smallest absolute Gasteiger partial charge is 0.243 e. The van der Waals surface area contributed by atoms with E-state index < -0.39 is 23.9 Å². The summed E-state index contributed by atoms with van der Waals surface area (Å²) in [6.07, 6.45) is 3.88. The molecule has 2 atom stereocenters. The van der Waals surface area contributed by atoms with Gasteiger partial charge >= 0.3 is 0 Å². The first-order valence-electron chi connectivity index (χ1n) is 11.8. The normalized spacial score (nSPS) is 12.7. The molecular formula is C27H37N3O3. The molecule has 6 heteroatoms. The molecule has 6 nitrogen and oxygen atoms in total. The van der Waals surface area contributed by atoms with Crippen LogP contribution in [0.15, 0.2) is 54.6 Å². The van der Waals surface area contributed by atoms with Crippen molar-refractivity contribution in [2.24, 2.45) is 11.7 Å². The molecule has 3 amide bonds. The minimum Gasteiger partial charge on any atom is -0.368 e. The standard InChI is InChI=1S/C27H37N3O3/c1-4-5-7-15-25(31)29-24(27(33)30-23(26(28)32)16-19(2)3)18-20-11-10-14-22(17-20)21-12-8-6-9-13-21/h6,8-14,17,19,23-24H,4-5,7,15-16,18H2,1-3H3,(H2,28,32)(H,29,31)(H,30,33)/t23-,24-/m0/s1. The van der Waals surface area contributed by atoms with Crippen LogP contribution in [0.5, 0.6) is 0 Å². The van der Waals surface area contributed by atoms with Gasteiger partial charge in [-0.2, -0.15) is 0 Å². The number of benzene rings is 2. The van der Waals surface area contributed by atoms with E-state index in [1.807, 2.05) is 68.4 Å². The highest BCUT2D eigenvalue weighted by Crippen LogP contribution is 2.21. The summed E-state index contributed by atoms with van der Waals surface area (Å²) in [5.74, 6) is -0.945. The van der Waals surface area contributed by atoms with E-state index in [4.69, 9.17) is 5.73 Å². The summed E-state index contributed by atoms with van der Waals surface area (Å²) in [4.78, 5) is 37.5. The summed E-state index contributed by atoms with van der Waals surface area (Å²) >= 11 is 0.